The van der Waals surface area contributed by atoms with Crippen LogP contribution in [0.4, 0.5) is 5.69 Å². The Morgan fingerprint density at radius 2 is 1.67 bits per heavy atom. The van der Waals surface area contributed by atoms with Crippen molar-refractivity contribution in [1.82, 2.24) is 5.32 Å². The first-order valence-electron chi connectivity index (χ1n) is 10.6. The third-order valence-electron chi connectivity index (χ3n) is 5.21. The van der Waals surface area contributed by atoms with Crippen molar-refractivity contribution < 1.29 is 9.53 Å². The molecule has 3 aromatic rings. The van der Waals surface area contributed by atoms with Gasteiger partial charge in [0.1, 0.15) is 12.4 Å². The number of benzene rings is 3. The van der Waals surface area contributed by atoms with Crippen LogP contribution in [-0.2, 0) is 17.8 Å². The van der Waals surface area contributed by atoms with Gasteiger partial charge in [0, 0.05) is 5.69 Å². The second-order valence-electron chi connectivity index (χ2n) is 7.76. The van der Waals surface area contributed by atoms with Gasteiger partial charge in [-0.2, -0.15) is 0 Å². The highest BCUT2D eigenvalue weighted by Gasteiger charge is 2.27. The number of halogens is 2. The molecule has 1 heterocycles. The monoisotopic (exact) mass is 682 g/mol. The van der Waals surface area contributed by atoms with Crippen molar-refractivity contribution in [3.05, 3.63) is 95.0 Å². The van der Waals surface area contributed by atoms with E-state index in [1.54, 1.807) is 0 Å². The molecule has 0 aliphatic carbocycles. The number of ether oxygens (including phenoxy) is 1. The number of amides is 1. The van der Waals surface area contributed by atoms with Crippen molar-refractivity contribution in [2.24, 2.45) is 0 Å². The van der Waals surface area contributed by atoms with Gasteiger partial charge < -0.3 is 15.4 Å². The first kappa shape index (κ1) is 24.4. The second kappa shape index (κ2) is 11.1. The SMILES string of the molecule is CCc1ccc(N[C@H]2NC(=O)/C(=C/c3cc(I)c(OCc4ccc(C)cc4)c(I)c3)S2)cc1. The summed E-state index contributed by atoms with van der Waals surface area (Å²) in [7, 11) is 0. The summed E-state index contributed by atoms with van der Waals surface area (Å²) in [5.74, 6) is 0.810. The number of carbonyl (C=O) groups excluding carboxylic acids is 1. The number of aryl methyl sites for hydroxylation is 2. The minimum atomic E-state index is -0.188. The Hall–Kier alpha value is -1.72. The third-order valence-corrected chi connectivity index (χ3v) is 7.84. The Balaban J connectivity index is 1.43. The number of nitrogens with one attached hydrogen (secondary N) is 2. The van der Waals surface area contributed by atoms with Crippen LogP contribution in [0.2, 0.25) is 0 Å². The molecule has 0 aromatic heterocycles. The van der Waals surface area contributed by atoms with E-state index in [2.05, 4.69) is 118 Å². The molecular formula is C26H24I2N2O2S. The van der Waals surface area contributed by atoms with Crippen molar-refractivity contribution in [2.75, 3.05) is 5.32 Å². The highest BCUT2D eigenvalue weighted by Crippen LogP contribution is 2.34. The Labute approximate surface area is 226 Å². The summed E-state index contributed by atoms with van der Waals surface area (Å²) in [6.45, 7) is 4.74. The van der Waals surface area contributed by atoms with Gasteiger partial charge in [-0.1, -0.05) is 60.6 Å². The fourth-order valence-electron chi connectivity index (χ4n) is 3.35. The van der Waals surface area contributed by atoms with E-state index in [0.29, 0.717) is 11.5 Å². The molecule has 3 aromatic carbocycles. The predicted molar refractivity (Wildman–Crippen MR) is 154 cm³/mol. The van der Waals surface area contributed by atoms with Crippen molar-refractivity contribution in [2.45, 2.75) is 32.4 Å². The summed E-state index contributed by atoms with van der Waals surface area (Å²) in [6, 6.07) is 20.8. The molecule has 1 aliphatic rings. The standard InChI is InChI=1S/C26H24I2N2O2S/c1-3-17-8-10-20(11-9-17)29-26-30-25(31)23(33-26)14-19-12-21(27)24(22(28)13-19)32-15-18-6-4-16(2)5-7-18/h4-14,26,29H,3,15H2,1-2H3,(H,30,31)/b23-14-/t26-/m0/s1. The van der Waals surface area contributed by atoms with Crippen LogP contribution in [0, 0.1) is 14.1 Å². The maximum absolute atomic E-state index is 12.5. The lowest BCUT2D eigenvalue weighted by Gasteiger charge is -2.13. The van der Waals surface area contributed by atoms with Gasteiger partial charge in [0.15, 0.2) is 5.50 Å². The summed E-state index contributed by atoms with van der Waals surface area (Å²) in [6.07, 6.45) is 2.95. The topological polar surface area (TPSA) is 50.4 Å². The highest BCUT2D eigenvalue weighted by molar-refractivity contribution is 14.1. The molecule has 0 spiro atoms. The molecule has 0 bridgehead atoms. The Kier molecular flexibility index (Phi) is 8.24. The number of anilines is 1. The maximum atomic E-state index is 12.5. The molecule has 7 heteroatoms. The number of thioether (sulfide) groups is 1. The largest absolute Gasteiger partial charge is 0.487 e. The first-order valence-corrected chi connectivity index (χ1v) is 13.7. The fourth-order valence-corrected chi connectivity index (χ4v) is 6.46. The summed E-state index contributed by atoms with van der Waals surface area (Å²) in [4.78, 5) is 13.2. The number of rotatable bonds is 7. The van der Waals surface area contributed by atoms with Crippen molar-refractivity contribution in [1.29, 1.82) is 0 Å². The van der Waals surface area contributed by atoms with Crippen LogP contribution in [0.3, 0.4) is 0 Å². The van der Waals surface area contributed by atoms with Crippen molar-refractivity contribution in [3.63, 3.8) is 0 Å². The Bertz CT molecular complexity index is 1150. The molecule has 33 heavy (non-hydrogen) atoms. The summed E-state index contributed by atoms with van der Waals surface area (Å²) >= 11 is 6.09. The number of hydrogen-bond acceptors (Lipinski definition) is 4. The van der Waals surface area contributed by atoms with Crippen molar-refractivity contribution >= 4 is 74.6 Å². The van der Waals surface area contributed by atoms with Crippen LogP contribution >= 0.6 is 56.9 Å². The molecule has 170 valence electrons. The number of carbonyl (C=O) groups is 1. The van der Waals surface area contributed by atoms with Gasteiger partial charge in [0.2, 0.25) is 0 Å². The molecule has 1 aliphatic heterocycles. The quantitative estimate of drug-likeness (QED) is 0.210. The summed E-state index contributed by atoms with van der Waals surface area (Å²) in [5.41, 5.74) is 5.45. The van der Waals surface area contributed by atoms with Gasteiger partial charge in [-0.05, 0) is 106 Å². The lowest BCUT2D eigenvalue weighted by atomic mass is 10.1. The molecule has 0 saturated carbocycles. The van der Waals surface area contributed by atoms with E-state index in [1.807, 2.05) is 18.2 Å². The van der Waals surface area contributed by atoms with E-state index in [4.69, 9.17) is 4.74 Å². The van der Waals surface area contributed by atoms with Gasteiger partial charge in [0.25, 0.3) is 5.91 Å². The molecule has 1 amide bonds. The van der Waals surface area contributed by atoms with Gasteiger partial charge in [-0.15, -0.1) is 0 Å². The van der Waals surface area contributed by atoms with E-state index >= 15 is 0 Å². The van der Waals surface area contributed by atoms with Crippen LogP contribution in [0.1, 0.15) is 29.2 Å². The second-order valence-corrected chi connectivity index (χ2v) is 11.2. The Morgan fingerprint density at radius 3 is 2.30 bits per heavy atom. The minimum Gasteiger partial charge on any atom is -0.487 e. The minimum absolute atomic E-state index is 0.0626. The summed E-state index contributed by atoms with van der Waals surface area (Å²) < 4.78 is 8.15. The lowest BCUT2D eigenvalue weighted by molar-refractivity contribution is -0.116. The van der Waals surface area contributed by atoms with Crippen LogP contribution in [0.25, 0.3) is 6.08 Å². The number of hydrogen-bond donors (Lipinski definition) is 2. The van der Waals surface area contributed by atoms with Crippen LogP contribution in [-0.4, -0.2) is 11.4 Å². The van der Waals surface area contributed by atoms with E-state index in [1.165, 1.54) is 22.9 Å². The summed E-state index contributed by atoms with van der Waals surface area (Å²) in [5, 5.41) is 6.37. The average molecular weight is 682 g/mol. The average Bonchev–Trinajstić information content (AvgIpc) is 3.13. The van der Waals surface area contributed by atoms with Crippen LogP contribution < -0.4 is 15.4 Å². The van der Waals surface area contributed by atoms with Gasteiger partial charge in [0.05, 0.1) is 12.0 Å². The molecule has 2 N–H and O–H groups in total. The molecule has 1 saturated heterocycles. The van der Waals surface area contributed by atoms with Gasteiger partial charge >= 0.3 is 0 Å². The molecule has 4 nitrogen and oxygen atoms in total. The van der Waals surface area contributed by atoms with E-state index < -0.39 is 0 Å². The lowest BCUT2D eigenvalue weighted by Crippen LogP contribution is -2.30. The van der Waals surface area contributed by atoms with Crippen LogP contribution in [0.5, 0.6) is 5.75 Å². The normalized spacial score (nSPS) is 16.7. The van der Waals surface area contributed by atoms with Gasteiger partial charge in [-0.25, -0.2) is 0 Å². The van der Waals surface area contributed by atoms with Crippen molar-refractivity contribution in [3.8, 4) is 5.75 Å². The van der Waals surface area contributed by atoms with Gasteiger partial charge in [-0.3, -0.25) is 4.79 Å². The predicted octanol–water partition coefficient (Wildman–Crippen LogP) is 6.95. The third kappa shape index (κ3) is 6.45. The van der Waals surface area contributed by atoms with Crippen LogP contribution in [0.15, 0.2) is 65.6 Å². The molecular weight excluding hydrogens is 658 g/mol. The van der Waals surface area contributed by atoms with E-state index in [0.717, 1.165) is 36.1 Å². The molecule has 0 radical (unpaired) electrons. The zero-order valence-corrected chi connectivity index (χ0v) is 23.5. The molecule has 1 fully saturated rings. The first-order chi connectivity index (χ1) is 15.9. The highest BCUT2D eigenvalue weighted by atomic mass is 127. The fraction of sp³-hybridized carbons (Fsp3) is 0.192. The maximum Gasteiger partial charge on any atom is 0.260 e. The Morgan fingerprint density at radius 1 is 1.03 bits per heavy atom. The molecule has 1 atom stereocenters. The van der Waals surface area contributed by atoms with E-state index in [9.17, 15) is 4.79 Å². The zero-order valence-electron chi connectivity index (χ0n) is 18.3. The zero-order chi connectivity index (χ0) is 23.4. The molecule has 0 unspecified atom stereocenters. The van der Waals surface area contributed by atoms with E-state index in [-0.39, 0.29) is 11.4 Å². The molecule has 4 rings (SSSR count). The smallest absolute Gasteiger partial charge is 0.260 e.